The maximum absolute atomic E-state index is 12.9. The van der Waals surface area contributed by atoms with Crippen LogP contribution < -0.4 is 4.74 Å². The first-order valence-corrected chi connectivity index (χ1v) is 9.74. The molecule has 0 spiro atoms. The Bertz CT molecular complexity index is 750. The van der Waals surface area contributed by atoms with Crippen molar-refractivity contribution in [3.05, 3.63) is 42.2 Å². The van der Waals surface area contributed by atoms with Crippen molar-refractivity contribution in [2.75, 3.05) is 13.2 Å². The molecule has 3 N–H and O–H groups in total. The van der Waals surface area contributed by atoms with E-state index in [1.54, 1.807) is 6.08 Å². The summed E-state index contributed by atoms with van der Waals surface area (Å²) in [6.45, 7) is 0.0730. The van der Waals surface area contributed by atoms with Crippen LogP contribution in [0.2, 0.25) is 0 Å². The number of benzene rings is 1. The van der Waals surface area contributed by atoms with Crippen LogP contribution in [0.4, 0.5) is 4.39 Å². The van der Waals surface area contributed by atoms with E-state index in [1.807, 2.05) is 6.08 Å². The predicted molar refractivity (Wildman–Crippen MR) is 103 cm³/mol. The fraction of sp³-hybridized carbons (Fsp3) is 0.524. The van der Waals surface area contributed by atoms with Crippen LogP contribution in [0.25, 0.3) is 0 Å². The molecule has 29 heavy (non-hydrogen) atoms. The van der Waals surface area contributed by atoms with E-state index in [0.717, 1.165) is 12.1 Å². The minimum atomic E-state index is -0.927. The highest BCUT2D eigenvalue weighted by Crippen LogP contribution is 2.47. The summed E-state index contributed by atoms with van der Waals surface area (Å²) in [6.07, 6.45) is 4.13. The molecule has 1 aromatic carbocycles. The third-order valence-electron chi connectivity index (χ3n) is 5.45. The molecule has 0 bridgehead atoms. The summed E-state index contributed by atoms with van der Waals surface area (Å²) in [4.78, 5) is 15.6. The number of carboxylic acids is 1. The number of hydrogen-bond donors (Lipinski definition) is 3. The number of aliphatic hydroxyl groups is 2. The average molecular weight is 407 g/mol. The molecule has 158 valence electrons. The Labute approximate surface area is 168 Å². The van der Waals surface area contributed by atoms with Crippen molar-refractivity contribution in [3.63, 3.8) is 0 Å². The molecule has 0 aliphatic heterocycles. The van der Waals surface area contributed by atoms with Crippen LogP contribution in [0.5, 0.6) is 5.75 Å². The lowest BCUT2D eigenvalue weighted by molar-refractivity contribution is -0.138. The Balaban J connectivity index is 1.48. The van der Waals surface area contributed by atoms with Gasteiger partial charge in [0, 0.05) is 5.92 Å². The summed E-state index contributed by atoms with van der Waals surface area (Å²) in [7, 11) is 0. The summed E-state index contributed by atoms with van der Waals surface area (Å²) in [5.74, 6) is -0.382. The van der Waals surface area contributed by atoms with Crippen molar-refractivity contribution < 1.29 is 34.1 Å². The first kappa shape index (κ1) is 21.3. The topological polar surface area (TPSA) is 109 Å². The van der Waals surface area contributed by atoms with Crippen LogP contribution in [0.3, 0.4) is 0 Å². The number of hydrogen-bond acceptors (Lipinski definition) is 6. The van der Waals surface area contributed by atoms with Gasteiger partial charge in [-0.3, -0.25) is 4.79 Å². The molecule has 5 atom stereocenters. The molecule has 0 saturated heterocycles. The van der Waals surface area contributed by atoms with Crippen LogP contribution in [0.1, 0.15) is 25.7 Å². The second-order valence-electron chi connectivity index (χ2n) is 7.56. The minimum Gasteiger partial charge on any atom is -0.491 e. The number of carbonyl (C=O) groups is 1. The zero-order chi connectivity index (χ0) is 20.8. The van der Waals surface area contributed by atoms with Crippen LogP contribution >= 0.6 is 0 Å². The molecular weight excluding hydrogens is 381 g/mol. The van der Waals surface area contributed by atoms with E-state index in [9.17, 15) is 19.4 Å². The number of halogens is 1. The molecule has 1 unspecified atom stereocenters. The minimum absolute atomic E-state index is 0.0309. The first-order valence-electron chi connectivity index (χ1n) is 9.74. The second-order valence-corrected chi connectivity index (χ2v) is 7.56. The summed E-state index contributed by atoms with van der Waals surface area (Å²) in [6, 6.07) is 5.57. The molecule has 7 nitrogen and oxygen atoms in total. The van der Waals surface area contributed by atoms with E-state index in [1.165, 1.54) is 24.3 Å². The number of aliphatic carboxylic acids is 1. The maximum Gasteiger partial charge on any atom is 0.306 e. The quantitative estimate of drug-likeness (QED) is 0.330. The molecule has 0 radical (unpaired) electrons. The van der Waals surface area contributed by atoms with Crippen molar-refractivity contribution >= 4 is 11.7 Å². The standard InChI is InChI=1S/C21H26FNO6/c22-14-1-4-17(5-2-14)28-12-16(24)3-6-18-19-11-15(9-13(19)10-20(18)25)23-29-8-7-21(26)27/h1-6,13,16,18-20,24-25H,7-12H2,(H,26,27)/b6-3?,23-15-/t13-,16?,18-,19+,20-/m0/s1. The average Bonchev–Trinajstić information content (AvgIpc) is 3.19. The van der Waals surface area contributed by atoms with Gasteiger partial charge in [-0.25, -0.2) is 4.39 Å². The summed E-state index contributed by atoms with van der Waals surface area (Å²) < 4.78 is 18.3. The molecule has 0 heterocycles. The highest BCUT2D eigenvalue weighted by atomic mass is 19.1. The van der Waals surface area contributed by atoms with E-state index >= 15 is 0 Å². The number of fused-ring (bicyclic) bond motifs is 1. The lowest BCUT2D eigenvalue weighted by Gasteiger charge is -2.17. The largest absolute Gasteiger partial charge is 0.491 e. The molecule has 2 aliphatic carbocycles. The number of oxime groups is 1. The maximum atomic E-state index is 12.9. The third-order valence-corrected chi connectivity index (χ3v) is 5.45. The Morgan fingerprint density at radius 2 is 2.07 bits per heavy atom. The molecule has 2 saturated carbocycles. The van der Waals surface area contributed by atoms with Gasteiger partial charge in [0.15, 0.2) is 0 Å². The number of carboxylic acid groups (broad SMARTS) is 1. The zero-order valence-corrected chi connectivity index (χ0v) is 16.0. The van der Waals surface area contributed by atoms with Crippen LogP contribution in [-0.4, -0.2) is 52.4 Å². The summed E-state index contributed by atoms with van der Waals surface area (Å²) >= 11 is 0. The third kappa shape index (κ3) is 6.01. The highest BCUT2D eigenvalue weighted by molar-refractivity contribution is 5.86. The van der Waals surface area contributed by atoms with Crippen molar-refractivity contribution in [1.82, 2.24) is 0 Å². The van der Waals surface area contributed by atoms with Gasteiger partial charge in [0.25, 0.3) is 0 Å². The summed E-state index contributed by atoms with van der Waals surface area (Å²) in [5.41, 5.74) is 0.885. The number of ether oxygens (including phenoxy) is 1. The van der Waals surface area contributed by atoms with Crippen molar-refractivity contribution in [2.24, 2.45) is 22.9 Å². The highest BCUT2D eigenvalue weighted by Gasteiger charge is 2.46. The number of aliphatic hydroxyl groups excluding tert-OH is 2. The summed E-state index contributed by atoms with van der Waals surface area (Å²) in [5, 5.41) is 33.2. The van der Waals surface area contributed by atoms with E-state index < -0.39 is 18.2 Å². The molecule has 3 rings (SSSR count). The van der Waals surface area contributed by atoms with E-state index in [-0.39, 0.29) is 37.3 Å². The lowest BCUT2D eigenvalue weighted by atomic mass is 9.90. The van der Waals surface area contributed by atoms with Gasteiger partial charge in [0.1, 0.15) is 30.9 Å². The van der Waals surface area contributed by atoms with Gasteiger partial charge in [-0.2, -0.15) is 0 Å². The zero-order valence-electron chi connectivity index (χ0n) is 16.0. The van der Waals surface area contributed by atoms with Crippen molar-refractivity contribution in [1.29, 1.82) is 0 Å². The first-order chi connectivity index (χ1) is 13.9. The van der Waals surface area contributed by atoms with Gasteiger partial charge >= 0.3 is 5.97 Å². The van der Waals surface area contributed by atoms with E-state index in [2.05, 4.69) is 5.16 Å². The fourth-order valence-corrected chi connectivity index (χ4v) is 4.08. The van der Waals surface area contributed by atoms with E-state index in [4.69, 9.17) is 14.7 Å². The molecule has 1 aromatic rings. The molecular formula is C21H26FNO6. The molecule has 0 amide bonds. The smallest absolute Gasteiger partial charge is 0.306 e. The van der Waals surface area contributed by atoms with Gasteiger partial charge in [-0.15, -0.1) is 0 Å². The molecule has 2 aliphatic rings. The SMILES string of the molecule is O=C(O)CCO/N=C1/C[C@H]2C[C@H](O)[C@@H](C=CC(O)COc3ccc(F)cc3)[C@@H]2C1. The van der Waals surface area contributed by atoms with Gasteiger partial charge in [-0.05, 0) is 55.4 Å². The second kappa shape index (κ2) is 9.84. The molecule has 8 heteroatoms. The lowest BCUT2D eigenvalue weighted by Crippen LogP contribution is -2.20. The Morgan fingerprint density at radius 1 is 1.31 bits per heavy atom. The Morgan fingerprint density at radius 3 is 2.79 bits per heavy atom. The Hall–Kier alpha value is -2.45. The van der Waals surface area contributed by atoms with Crippen molar-refractivity contribution in [2.45, 2.75) is 37.9 Å². The Kier molecular flexibility index (Phi) is 7.22. The van der Waals surface area contributed by atoms with Gasteiger partial charge in [0.05, 0.1) is 18.2 Å². The molecule has 0 aromatic heterocycles. The number of nitrogens with zero attached hydrogens (tertiary/aromatic N) is 1. The normalized spacial score (nSPS) is 28.6. The van der Waals surface area contributed by atoms with Crippen LogP contribution in [0, 0.1) is 23.6 Å². The molecule has 2 fully saturated rings. The fourth-order valence-electron chi connectivity index (χ4n) is 4.08. The van der Waals surface area contributed by atoms with Gasteiger partial charge < -0.3 is 24.9 Å². The predicted octanol–water partition coefficient (Wildman–Crippen LogP) is 2.38. The van der Waals surface area contributed by atoms with E-state index in [0.29, 0.717) is 24.5 Å². The van der Waals surface area contributed by atoms with Gasteiger partial charge in [-0.1, -0.05) is 17.3 Å². The van der Waals surface area contributed by atoms with Crippen LogP contribution in [0.15, 0.2) is 41.6 Å². The van der Waals surface area contributed by atoms with Crippen LogP contribution in [-0.2, 0) is 9.63 Å². The van der Waals surface area contributed by atoms with Gasteiger partial charge in [0.2, 0.25) is 0 Å². The van der Waals surface area contributed by atoms with Crippen molar-refractivity contribution in [3.8, 4) is 5.75 Å². The monoisotopic (exact) mass is 407 g/mol. The number of rotatable bonds is 9.